The highest BCUT2D eigenvalue weighted by molar-refractivity contribution is 5.66. The molecule has 0 aromatic carbocycles. The maximum absolute atomic E-state index is 10.9. The summed E-state index contributed by atoms with van der Waals surface area (Å²) in [5, 5.41) is 0. The summed E-state index contributed by atoms with van der Waals surface area (Å²) in [7, 11) is 0. The Hall–Kier alpha value is -0.530. The van der Waals surface area contributed by atoms with Gasteiger partial charge in [0.25, 0.3) is 0 Å². The van der Waals surface area contributed by atoms with Gasteiger partial charge in [-0.15, -0.1) is 0 Å². The van der Waals surface area contributed by atoms with Crippen molar-refractivity contribution in [1.29, 1.82) is 0 Å². The number of hydrogen-bond acceptors (Lipinski definition) is 2. The molecule has 2 nitrogen and oxygen atoms in total. The molecule has 5 atom stereocenters. The Kier molecular flexibility index (Phi) is 1.86. The van der Waals surface area contributed by atoms with Crippen LogP contribution < -0.4 is 0 Å². The molecule has 0 aromatic heterocycles. The second-order valence-corrected chi connectivity index (χ2v) is 5.30. The Bertz CT molecular complexity index is 261. The molecule has 0 N–H and O–H groups in total. The molecule has 14 heavy (non-hydrogen) atoms. The molecule has 0 aliphatic heterocycles. The van der Waals surface area contributed by atoms with Gasteiger partial charge in [-0.3, -0.25) is 4.79 Å². The average Bonchev–Trinajstić information content (AvgIpc) is 2.68. The van der Waals surface area contributed by atoms with Crippen LogP contribution in [-0.2, 0) is 9.53 Å². The third-order valence-electron chi connectivity index (χ3n) is 4.69. The molecule has 0 unspecified atom stereocenters. The van der Waals surface area contributed by atoms with E-state index in [9.17, 15) is 4.79 Å². The first-order valence-corrected chi connectivity index (χ1v) is 5.93. The second-order valence-electron chi connectivity index (χ2n) is 5.30. The molecule has 0 amide bonds. The SMILES string of the molecule is CC(=O)O[C@@H]1C[C@H]2C[C@@H]1[C@@H]1CCC[C@H]21. The summed E-state index contributed by atoms with van der Waals surface area (Å²) in [4.78, 5) is 10.9. The van der Waals surface area contributed by atoms with Gasteiger partial charge in [-0.2, -0.15) is 0 Å². The lowest BCUT2D eigenvalue weighted by molar-refractivity contribution is -0.150. The number of ether oxygens (including phenoxy) is 1. The molecule has 0 spiro atoms. The summed E-state index contributed by atoms with van der Waals surface area (Å²) in [6.07, 6.45) is 7.02. The van der Waals surface area contributed by atoms with E-state index in [1.807, 2.05) is 0 Å². The van der Waals surface area contributed by atoms with E-state index in [0.717, 1.165) is 30.1 Å². The minimum atomic E-state index is -0.0860. The van der Waals surface area contributed by atoms with Gasteiger partial charge in [0.05, 0.1) is 0 Å². The van der Waals surface area contributed by atoms with Gasteiger partial charge in [0, 0.05) is 6.92 Å². The Balaban J connectivity index is 1.73. The molecule has 3 saturated carbocycles. The Morgan fingerprint density at radius 2 is 1.93 bits per heavy atom. The van der Waals surface area contributed by atoms with Gasteiger partial charge in [-0.25, -0.2) is 0 Å². The topological polar surface area (TPSA) is 26.3 Å². The van der Waals surface area contributed by atoms with Crippen LogP contribution in [0.25, 0.3) is 0 Å². The Morgan fingerprint density at radius 1 is 1.14 bits per heavy atom. The molecule has 2 bridgehead atoms. The Labute approximate surface area is 85.0 Å². The molecule has 3 rings (SSSR count). The number of hydrogen-bond donors (Lipinski definition) is 0. The van der Waals surface area contributed by atoms with Gasteiger partial charge in [0.15, 0.2) is 0 Å². The van der Waals surface area contributed by atoms with Crippen molar-refractivity contribution in [2.24, 2.45) is 23.7 Å². The van der Waals surface area contributed by atoms with Crippen LogP contribution in [0.2, 0.25) is 0 Å². The lowest BCUT2D eigenvalue weighted by atomic mass is 9.80. The molecule has 0 heterocycles. The van der Waals surface area contributed by atoms with Crippen molar-refractivity contribution < 1.29 is 9.53 Å². The predicted octanol–water partition coefficient (Wildman–Crippen LogP) is 2.37. The summed E-state index contributed by atoms with van der Waals surface area (Å²) in [6, 6.07) is 0. The van der Waals surface area contributed by atoms with Gasteiger partial charge >= 0.3 is 5.97 Å². The van der Waals surface area contributed by atoms with Crippen molar-refractivity contribution in [1.82, 2.24) is 0 Å². The monoisotopic (exact) mass is 194 g/mol. The van der Waals surface area contributed by atoms with Gasteiger partial charge in [0.1, 0.15) is 6.10 Å². The fourth-order valence-electron chi connectivity index (χ4n) is 4.35. The first kappa shape index (κ1) is 8.75. The van der Waals surface area contributed by atoms with Crippen LogP contribution in [0.15, 0.2) is 0 Å². The number of rotatable bonds is 1. The summed E-state index contributed by atoms with van der Waals surface area (Å²) in [5.74, 6) is 3.41. The zero-order chi connectivity index (χ0) is 9.71. The number of carbonyl (C=O) groups excluding carboxylic acids is 1. The number of carbonyl (C=O) groups is 1. The highest BCUT2D eigenvalue weighted by atomic mass is 16.5. The van der Waals surface area contributed by atoms with Crippen LogP contribution in [0, 0.1) is 23.7 Å². The summed E-state index contributed by atoms with van der Waals surface area (Å²) in [5.41, 5.74) is 0. The average molecular weight is 194 g/mol. The maximum atomic E-state index is 10.9. The molecule has 0 aromatic rings. The van der Waals surface area contributed by atoms with Crippen LogP contribution in [0.3, 0.4) is 0 Å². The minimum Gasteiger partial charge on any atom is -0.462 e. The highest BCUT2D eigenvalue weighted by Crippen LogP contribution is 2.59. The minimum absolute atomic E-state index is 0.0860. The maximum Gasteiger partial charge on any atom is 0.302 e. The van der Waals surface area contributed by atoms with Crippen LogP contribution in [0.1, 0.15) is 39.0 Å². The molecule has 3 aliphatic rings. The van der Waals surface area contributed by atoms with Crippen molar-refractivity contribution in [3.8, 4) is 0 Å². The molecule has 3 aliphatic carbocycles. The van der Waals surface area contributed by atoms with E-state index in [1.165, 1.54) is 32.6 Å². The summed E-state index contributed by atoms with van der Waals surface area (Å²) < 4.78 is 5.41. The largest absolute Gasteiger partial charge is 0.462 e. The first-order valence-electron chi connectivity index (χ1n) is 5.93. The van der Waals surface area contributed by atoms with E-state index in [-0.39, 0.29) is 12.1 Å². The summed E-state index contributed by atoms with van der Waals surface area (Å²) in [6.45, 7) is 1.54. The quantitative estimate of drug-likeness (QED) is 0.599. The standard InChI is InChI=1S/C12H18O2/c1-7(13)14-12-6-8-5-11(12)10-4-2-3-9(8)10/h8-12H,2-6H2,1H3/t8-,9-,10-,11-,12-/m1/s1. The van der Waals surface area contributed by atoms with E-state index < -0.39 is 0 Å². The first-order chi connectivity index (χ1) is 6.75. The molecular weight excluding hydrogens is 176 g/mol. The van der Waals surface area contributed by atoms with Crippen LogP contribution in [-0.4, -0.2) is 12.1 Å². The van der Waals surface area contributed by atoms with E-state index >= 15 is 0 Å². The molecule has 3 fully saturated rings. The van der Waals surface area contributed by atoms with E-state index in [4.69, 9.17) is 4.74 Å². The van der Waals surface area contributed by atoms with Crippen molar-refractivity contribution in [3.63, 3.8) is 0 Å². The van der Waals surface area contributed by atoms with Gasteiger partial charge in [-0.05, 0) is 49.4 Å². The molecule has 2 heteroatoms. The predicted molar refractivity (Wildman–Crippen MR) is 52.6 cm³/mol. The van der Waals surface area contributed by atoms with Crippen molar-refractivity contribution >= 4 is 5.97 Å². The number of fused-ring (bicyclic) bond motifs is 5. The third-order valence-corrected chi connectivity index (χ3v) is 4.69. The van der Waals surface area contributed by atoms with E-state index in [0.29, 0.717) is 0 Å². The third kappa shape index (κ3) is 1.12. The van der Waals surface area contributed by atoms with Crippen molar-refractivity contribution in [2.75, 3.05) is 0 Å². The molecular formula is C12H18O2. The Morgan fingerprint density at radius 3 is 2.71 bits per heavy atom. The van der Waals surface area contributed by atoms with Gasteiger partial charge < -0.3 is 4.74 Å². The van der Waals surface area contributed by atoms with E-state index in [1.54, 1.807) is 0 Å². The molecule has 0 saturated heterocycles. The zero-order valence-corrected chi connectivity index (χ0v) is 8.74. The van der Waals surface area contributed by atoms with Crippen molar-refractivity contribution in [3.05, 3.63) is 0 Å². The molecule has 0 radical (unpaired) electrons. The van der Waals surface area contributed by atoms with Gasteiger partial charge in [0.2, 0.25) is 0 Å². The second kappa shape index (κ2) is 2.98. The zero-order valence-electron chi connectivity index (χ0n) is 8.74. The lowest BCUT2D eigenvalue weighted by Crippen LogP contribution is -2.31. The molecule has 78 valence electrons. The van der Waals surface area contributed by atoms with Crippen molar-refractivity contribution in [2.45, 2.75) is 45.1 Å². The normalized spacial score (nSPS) is 49.4. The van der Waals surface area contributed by atoms with Crippen LogP contribution >= 0.6 is 0 Å². The number of esters is 1. The summed E-state index contributed by atoms with van der Waals surface area (Å²) >= 11 is 0. The smallest absolute Gasteiger partial charge is 0.302 e. The fourth-order valence-corrected chi connectivity index (χ4v) is 4.35. The van der Waals surface area contributed by atoms with Gasteiger partial charge in [-0.1, -0.05) is 6.42 Å². The highest BCUT2D eigenvalue weighted by Gasteiger charge is 2.54. The lowest BCUT2D eigenvalue weighted by Gasteiger charge is -2.30. The van der Waals surface area contributed by atoms with Crippen LogP contribution in [0.5, 0.6) is 0 Å². The van der Waals surface area contributed by atoms with Crippen LogP contribution in [0.4, 0.5) is 0 Å². The fraction of sp³-hybridized carbons (Fsp3) is 0.917. The van der Waals surface area contributed by atoms with E-state index in [2.05, 4.69) is 0 Å².